The van der Waals surface area contributed by atoms with Crippen LogP contribution in [0.3, 0.4) is 0 Å². The van der Waals surface area contributed by atoms with E-state index in [1.807, 2.05) is 5.43 Å². The van der Waals surface area contributed by atoms with E-state index in [1.165, 1.54) is 0 Å². The van der Waals surface area contributed by atoms with E-state index >= 15 is 0 Å². The second-order valence-corrected chi connectivity index (χ2v) is 3.54. The molecular weight excluding hydrogens is 249 g/mol. The number of benzene rings is 1. The van der Waals surface area contributed by atoms with Crippen molar-refractivity contribution in [1.82, 2.24) is 5.43 Å². The van der Waals surface area contributed by atoms with Crippen LogP contribution in [0.5, 0.6) is 0 Å². The van der Waals surface area contributed by atoms with Crippen LogP contribution in [-0.2, 0) is 9.53 Å². The van der Waals surface area contributed by atoms with Gasteiger partial charge in [-0.05, 0) is 5.56 Å². The second-order valence-electron chi connectivity index (χ2n) is 3.54. The summed E-state index contributed by atoms with van der Waals surface area (Å²) in [4.78, 5) is 11.4. The number of rotatable bonds is 5. The summed E-state index contributed by atoms with van der Waals surface area (Å²) in [7, 11) is 0. The summed E-state index contributed by atoms with van der Waals surface area (Å²) in [6, 6.07) is 8.18. The molecule has 1 rings (SSSR count). The van der Waals surface area contributed by atoms with Crippen molar-refractivity contribution in [1.29, 1.82) is 0 Å². The van der Waals surface area contributed by atoms with Gasteiger partial charge < -0.3 is 4.74 Å². The number of hydrogen-bond acceptors (Lipinski definition) is 3. The van der Waals surface area contributed by atoms with Gasteiger partial charge >= 0.3 is 6.18 Å². The van der Waals surface area contributed by atoms with Crippen LogP contribution in [0.15, 0.2) is 30.3 Å². The Morgan fingerprint density at radius 3 is 2.44 bits per heavy atom. The Morgan fingerprint density at radius 1 is 1.33 bits per heavy atom. The van der Waals surface area contributed by atoms with Crippen molar-refractivity contribution in [2.24, 2.45) is 5.84 Å². The van der Waals surface area contributed by atoms with Gasteiger partial charge in [0.05, 0.1) is 13.0 Å². The van der Waals surface area contributed by atoms with Gasteiger partial charge in [-0.2, -0.15) is 13.2 Å². The maximum absolute atomic E-state index is 12.0. The molecule has 0 fully saturated rings. The first-order valence-corrected chi connectivity index (χ1v) is 5.18. The van der Waals surface area contributed by atoms with E-state index in [1.54, 1.807) is 30.3 Å². The molecular formula is C11H13F3N2O2. The number of hydrogen-bond donors (Lipinski definition) is 2. The summed E-state index contributed by atoms with van der Waals surface area (Å²) in [5, 5.41) is 0. The van der Waals surface area contributed by atoms with Crippen LogP contribution in [0, 0.1) is 0 Å². The SMILES string of the molecule is NNC(=O)C(OCCC(F)(F)F)c1ccccc1. The first-order valence-electron chi connectivity index (χ1n) is 5.18. The minimum atomic E-state index is -4.32. The molecule has 0 aliphatic rings. The predicted octanol–water partition coefficient (Wildman–Crippen LogP) is 1.69. The molecule has 0 aliphatic heterocycles. The van der Waals surface area contributed by atoms with Gasteiger partial charge in [0.1, 0.15) is 0 Å². The molecule has 3 N–H and O–H groups in total. The molecule has 1 atom stereocenters. The van der Waals surface area contributed by atoms with Gasteiger partial charge in [0.25, 0.3) is 5.91 Å². The fraction of sp³-hybridized carbons (Fsp3) is 0.364. The molecule has 1 aromatic rings. The van der Waals surface area contributed by atoms with Crippen LogP contribution in [-0.4, -0.2) is 18.7 Å². The maximum atomic E-state index is 12.0. The van der Waals surface area contributed by atoms with E-state index in [2.05, 4.69) is 0 Å². The number of carbonyl (C=O) groups is 1. The lowest BCUT2D eigenvalue weighted by molar-refractivity contribution is -0.155. The van der Waals surface area contributed by atoms with Crippen LogP contribution in [0.2, 0.25) is 0 Å². The van der Waals surface area contributed by atoms with Crippen LogP contribution in [0.4, 0.5) is 13.2 Å². The topological polar surface area (TPSA) is 64.3 Å². The van der Waals surface area contributed by atoms with Gasteiger partial charge in [0.15, 0.2) is 6.10 Å². The van der Waals surface area contributed by atoms with E-state index in [-0.39, 0.29) is 0 Å². The Labute approximate surface area is 102 Å². The average molecular weight is 262 g/mol. The first kappa shape index (κ1) is 14.5. The highest BCUT2D eigenvalue weighted by Gasteiger charge is 2.28. The van der Waals surface area contributed by atoms with Crippen molar-refractivity contribution >= 4 is 5.91 Å². The van der Waals surface area contributed by atoms with Gasteiger partial charge in [-0.3, -0.25) is 10.2 Å². The summed E-state index contributed by atoms with van der Waals surface area (Å²) in [6.45, 7) is -0.601. The van der Waals surface area contributed by atoms with Gasteiger partial charge in [-0.1, -0.05) is 30.3 Å². The van der Waals surface area contributed by atoms with Crippen molar-refractivity contribution in [3.8, 4) is 0 Å². The molecule has 7 heteroatoms. The first-order chi connectivity index (χ1) is 8.44. The zero-order valence-corrected chi connectivity index (χ0v) is 9.41. The fourth-order valence-corrected chi connectivity index (χ4v) is 1.32. The van der Waals surface area contributed by atoms with Gasteiger partial charge in [-0.25, -0.2) is 5.84 Å². The number of alkyl halides is 3. The normalized spacial score (nSPS) is 13.1. The van der Waals surface area contributed by atoms with Crippen LogP contribution in [0.25, 0.3) is 0 Å². The number of nitrogens with one attached hydrogen (secondary N) is 1. The zero-order valence-electron chi connectivity index (χ0n) is 9.41. The van der Waals surface area contributed by atoms with Crippen LogP contribution >= 0.6 is 0 Å². The molecule has 0 saturated heterocycles. The Kier molecular flexibility index (Phi) is 5.11. The largest absolute Gasteiger partial charge is 0.391 e. The van der Waals surface area contributed by atoms with Gasteiger partial charge in [0.2, 0.25) is 0 Å². The van der Waals surface area contributed by atoms with E-state index in [9.17, 15) is 18.0 Å². The molecule has 100 valence electrons. The summed E-state index contributed by atoms with van der Waals surface area (Å²) in [5.74, 6) is 4.27. The molecule has 0 radical (unpaired) electrons. The summed E-state index contributed by atoms with van der Waals surface area (Å²) in [5.41, 5.74) is 2.31. The molecule has 0 heterocycles. The van der Waals surface area contributed by atoms with E-state index in [0.717, 1.165) is 0 Å². The number of nitrogens with two attached hydrogens (primary N) is 1. The third kappa shape index (κ3) is 4.72. The fourth-order valence-electron chi connectivity index (χ4n) is 1.32. The van der Waals surface area contributed by atoms with Gasteiger partial charge in [0, 0.05) is 0 Å². The molecule has 0 spiro atoms. The van der Waals surface area contributed by atoms with Gasteiger partial charge in [-0.15, -0.1) is 0 Å². The molecule has 1 amide bonds. The molecule has 18 heavy (non-hydrogen) atoms. The standard InChI is InChI=1S/C11H13F3N2O2/c12-11(13,14)6-7-18-9(10(17)16-15)8-4-2-1-3-5-8/h1-5,9H,6-7,15H2,(H,16,17). The van der Waals surface area contributed by atoms with Crippen molar-refractivity contribution in [2.75, 3.05) is 6.61 Å². The maximum Gasteiger partial charge on any atom is 0.391 e. The number of carbonyl (C=O) groups excluding carboxylic acids is 1. The molecule has 0 bridgehead atoms. The third-order valence-corrected chi connectivity index (χ3v) is 2.15. The minimum Gasteiger partial charge on any atom is -0.363 e. The molecule has 0 aromatic heterocycles. The number of ether oxygens (including phenoxy) is 1. The van der Waals surface area contributed by atoms with Crippen LogP contribution in [0.1, 0.15) is 18.1 Å². The Hall–Kier alpha value is -1.60. The van der Waals surface area contributed by atoms with Crippen molar-refractivity contribution < 1.29 is 22.7 Å². The Morgan fingerprint density at radius 2 is 1.94 bits per heavy atom. The quantitative estimate of drug-likeness (QED) is 0.482. The zero-order chi connectivity index (χ0) is 13.6. The lowest BCUT2D eigenvalue weighted by Gasteiger charge is -2.17. The monoisotopic (exact) mass is 262 g/mol. The molecule has 0 saturated carbocycles. The minimum absolute atomic E-state index is 0.447. The summed E-state index contributed by atoms with van der Waals surface area (Å²) in [6.07, 6.45) is -6.58. The molecule has 0 aliphatic carbocycles. The summed E-state index contributed by atoms with van der Waals surface area (Å²) < 4.78 is 40.9. The van der Waals surface area contributed by atoms with Crippen molar-refractivity contribution in [3.05, 3.63) is 35.9 Å². The highest BCUT2D eigenvalue weighted by atomic mass is 19.4. The number of amides is 1. The van der Waals surface area contributed by atoms with Crippen LogP contribution < -0.4 is 11.3 Å². The Balaban J connectivity index is 2.66. The predicted molar refractivity (Wildman–Crippen MR) is 58.1 cm³/mol. The number of hydrazine groups is 1. The molecule has 1 unspecified atom stereocenters. The highest BCUT2D eigenvalue weighted by Crippen LogP contribution is 2.22. The number of halogens is 3. The molecule has 4 nitrogen and oxygen atoms in total. The lowest BCUT2D eigenvalue weighted by Crippen LogP contribution is -2.36. The average Bonchev–Trinajstić information content (AvgIpc) is 2.33. The summed E-state index contributed by atoms with van der Waals surface area (Å²) >= 11 is 0. The highest BCUT2D eigenvalue weighted by molar-refractivity contribution is 5.81. The lowest BCUT2D eigenvalue weighted by atomic mass is 10.1. The van der Waals surface area contributed by atoms with Crippen molar-refractivity contribution in [3.63, 3.8) is 0 Å². The van der Waals surface area contributed by atoms with E-state index < -0.39 is 31.2 Å². The Bertz CT molecular complexity index is 382. The van der Waals surface area contributed by atoms with Crippen molar-refractivity contribution in [2.45, 2.75) is 18.7 Å². The third-order valence-electron chi connectivity index (χ3n) is 2.15. The van der Waals surface area contributed by atoms with E-state index in [0.29, 0.717) is 5.56 Å². The smallest absolute Gasteiger partial charge is 0.363 e. The molecule has 1 aromatic carbocycles. The van der Waals surface area contributed by atoms with E-state index in [4.69, 9.17) is 10.6 Å². The second kappa shape index (κ2) is 6.36.